The van der Waals surface area contributed by atoms with Gasteiger partial charge in [0.05, 0.1) is 83.4 Å². The standard InChI is InChI=1S/C28H22Cl2N4O3S.C27H29Cl2N7O2S.C24H16Cl2FN3O2S.C24H24Cl2N6O2S/c1-38(35,36)17-20-12-19(15-33-28(20)30)18-5-7-25-23(13-18)26(9-11-32-25)34-21-6-8-27(24(29)14-21)37-16-22-4-2-3-10-31-22;1-18-3-5-21(15-23(18)28)33-27-22-13-19(4-6-24(22)31-17-32-27)20-14-25(26(29)30-16-20)34-39(37,38)12-11-36-9-7-35(2)8-10-36;1-3-14-11-28-22-7-4-15(16-8-17(13-33(2,31)32)24(26)29-12-16)9-19(22)23(14)30-18-5-6-21(27)20(25)10-18;1-15-4-6-18(12-20(15)25)30-24-19-10-16(5-7-21(19)28-14-29-24)17-11-22(23(26)27-13-17)31-35(33,34)9-8-32(2)3/h2-15H,16-17H2,1H3,(H,32,34);3-6,13-17,34H,7-12H2,1-2H3,(H,31,32,33);1,4-12H,13H2,2H3,(H,28,30);4-7,10-14,31H,8-9H2,1-3H3,(H,28,29,30). The number of benzene rings is 8. The molecule has 9 aromatic heterocycles. The summed E-state index contributed by atoms with van der Waals surface area (Å²) in [6, 6.07) is 58.3. The molecule has 0 atom stereocenters. The number of pyridine rings is 7. The normalized spacial score (nSPS) is 12.4. The maximum absolute atomic E-state index is 13.6. The molecule has 6 N–H and O–H groups in total. The molecule has 1 fully saturated rings. The van der Waals surface area contributed by atoms with Crippen LogP contribution in [0.15, 0.2) is 250 Å². The van der Waals surface area contributed by atoms with E-state index in [1.807, 2.05) is 174 Å². The van der Waals surface area contributed by atoms with Gasteiger partial charge in [-0.3, -0.25) is 29.3 Å². The molecule has 0 bridgehead atoms. The Kier molecular flexibility index (Phi) is 34.5. The SMILES string of the molecule is C#Cc1cnc2ccc(-c3cnc(Cl)c(CS(C)(=O)=O)c3)cc2c1Nc1ccc(F)c(Cl)c1.CS(=O)(=O)Cc1cc(-c2ccc3nccc(Nc4ccc(OCc5ccccn5)c(Cl)c4)c3c2)cnc1Cl.Cc1ccc(Nc2ncnc3ccc(-c4cnc(Cl)c(NS(=O)(=O)CCN(C)C)c4)cc23)cc1Cl.Cc1ccc(Nc2ncnc3ccc(-c4cnc(Cl)c(NS(=O)(=O)CCN5CCN(C)CC5)c4)cc23)cc1Cl. The fourth-order valence-corrected chi connectivity index (χ4v) is 20.6. The highest BCUT2D eigenvalue weighted by Gasteiger charge is 2.24. The molecule has 1 aliphatic heterocycles. The van der Waals surface area contributed by atoms with Crippen LogP contribution in [-0.2, 0) is 57.8 Å². The minimum Gasteiger partial charge on any atom is -0.486 e. The Morgan fingerprint density at radius 1 is 0.421 bits per heavy atom. The molecule has 0 saturated carbocycles. The Hall–Kier alpha value is -12.9. The van der Waals surface area contributed by atoms with E-state index in [1.54, 1.807) is 84.7 Å². The van der Waals surface area contributed by atoms with E-state index in [1.165, 1.54) is 31.0 Å². The first-order chi connectivity index (χ1) is 69.2. The van der Waals surface area contributed by atoms with Crippen molar-refractivity contribution in [3.05, 3.63) is 330 Å². The first-order valence-electron chi connectivity index (χ1n) is 44.4. The van der Waals surface area contributed by atoms with Gasteiger partial charge in [0.15, 0.2) is 30.0 Å². The Bertz CT molecular complexity index is 8310. The molecule has 8 aromatic carbocycles. The molecule has 29 nitrogen and oxygen atoms in total. The van der Waals surface area contributed by atoms with Crippen molar-refractivity contribution in [2.24, 2.45) is 0 Å². The minimum absolute atomic E-state index is 0.0213. The van der Waals surface area contributed by atoms with E-state index < -0.39 is 45.5 Å². The summed E-state index contributed by atoms with van der Waals surface area (Å²) in [7, 11) is -8.09. The second kappa shape index (κ2) is 47.1. The number of hydrogen-bond donors (Lipinski definition) is 6. The van der Waals surface area contributed by atoms with Gasteiger partial charge in [-0.1, -0.05) is 141 Å². The lowest BCUT2D eigenvalue weighted by molar-refractivity contribution is 0.161. The predicted molar refractivity (Wildman–Crippen MR) is 585 cm³/mol. The molecule has 42 heteroatoms. The first-order valence-corrected chi connectivity index (χ1v) is 54.8. The summed E-state index contributed by atoms with van der Waals surface area (Å²) in [6.07, 6.45) is 22.4. The van der Waals surface area contributed by atoms with Crippen LogP contribution in [0.4, 0.5) is 61.5 Å². The zero-order valence-electron chi connectivity index (χ0n) is 78.5. The molecule has 0 unspecified atom stereocenters. The van der Waals surface area contributed by atoms with E-state index >= 15 is 0 Å². The van der Waals surface area contributed by atoms with Crippen LogP contribution in [-0.4, -0.2) is 188 Å². The number of nitrogens with one attached hydrogen (secondary N) is 6. The van der Waals surface area contributed by atoms with Gasteiger partial charge in [0.2, 0.25) is 20.0 Å². The largest absolute Gasteiger partial charge is 0.486 e. The number of anilines is 10. The molecular weight excluding hydrogens is 2090 g/mol. The summed E-state index contributed by atoms with van der Waals surface area (Å²) in [5.41, 5.74) is 18.0. The molecule has 17 aromatic rings. The number of aromatic nitrogens is 11. The lowest BCUT2D eigenvalue weighted by Crippen LogP contribution is -2.46. The molecule has 0 amide bonds. The topological polar surface area (TPSA) is 369 Å². The Balaban J connectivity index is 0.000000146. The van der Waals surface area contributed by atoms with Crippen LogP contribution in [0.2, 0.25) is 40.7 Å². The fourth-order valence-electron chi connectivity index (χ4n) is 15.0. The molecule has 0 radical (unpaired) electrons. The van der Waals surface area contributed by atoms with E-state index in [2.05, 4.69) is 108 Å². The van der Waals surface area contributed by atoms with Crippen molar-refractivity contribution >= 4 is 233 Å². The summed E-state index contributed by atoms with van der Waals surface area (Å²) in [4.78, 5) is 53.7. The molecule has 10 heterocycles. The quantitative estimate of drug-likeness (QED) is 0.0187. The zero-order valence-corrected chi connectivity index (χ0v) is 87.8. The van der Waals surface area contributed by atoms with Crippen LogP contribution in [0.3, 0.4) is 0 Å². The third-order valence-corrected chi connectivity index (χ3v) is 29.5. The van der Waals surface area contributed by atoms with Crippen LogP contribution in [0.5, 0.6) is 5.75 Å². The second-order valence-corrected chi connectivity index (χ2v) is 45.2. The number of fused-ring (bicyclic) bond motifs is 4. The lowest BCUT2D eigenvalue weighted by atomic mass is 10.0. The van der Waals surface area contributed by atoms with Crippen molar-refractivity contribution in [3.8, 4) is 62.6 Å². The van der Waals surface area contributed by atoms with Gasteiger partial charge in [0, 0.05) is 189 Å². The van der Waals surface area contributed by atoms with E-state index in [-0.39, 0.29) is 60.0 Å². The summed E-state index contributed by atoms with van der Waals surface area (Å²) in [5.74, 6) is 3.38. The number of likely N-dealkylation sites (N-methyl/N-ethyl adjacent to an activating group) is 1. The number of rotatable bonds is 29. The maximum atomic E-state index is 13.6. The number of ether oxygens (including phenoxy) is 1. The van der Waals surface area contributed by atoms with Crippen molar-refractivity contribution in [2.75, 3.05) is 115 Å². The van der Waals surface area contributed by atoms with Crippen molar-refractivity contribution in [1.29, 1.82) is 0 Å². The summed E-state index contributed by atoms with van der Waals surface area (Å²) in [6.45, 7) is 8.60. The highest BCUT2D eigenvalue weighted by molar-refractivity contribution is 7.93. The third-order valence-electron chi connectivity index (χ3n) is 22.7. The third kappa shape index (κ3) is 28.9. The number of aryl methyl sites for hydroxylation is 2. The molecule has 1 aliphatic rings. The molecule has 0 spiro atoms. The van der Waals surface area contributed by atoms with Crippen molar-refractivity contribution in [2.45, 2.75) is 32.0 Å². The van der Waals surface area contributed by atoms with E-state index in [4.69, 9.17) is 104 Å². The van der Waals surface area contributed by atoms with Gasteiger partial charge in [-0.15, -0.1) is 6.42 Å². The molecule has 18 rings (SSSR count). The van der Waals surface area contributed by atoms with Crippen LogP contribution in [0, 0.1) is 32.0 Å². The number of piperazine rings is 1. The lowest BCUT2D eigenvalue weighted by Gasteiger charge is -2.32. The van der Waals surface area contributed by atoms with Crippen molar-refractivity contribution < 1.29 is 42.8 Å². The Labute approximate surface area is 878 Å². The molecular formula is C103H91Cl8FN20O9S4. The van der Waals surface area contributed by atoms with E-state index in [0.29, 0.717) is 108 Å². The highest BCUT2D eigenvalue weighted by Crippen LogP contribution is 2.41. The van der Waals surface area contributed by atoms with Crippen molar-refractivity contribution in [3.63, 3.8) is 0 Å². The average molecular weight is 2180 g/mol. The van der Waals surface area contributed by atoms with Gasteiger partial charge >= 0.3 is 0 Å². The molecule has 0 aliphatic carbocycles. The molecule has 145 heavy (non-hydrogen) atoms. The predicted octanol–water partition coefficient (Wildman–Crippen LogP) is 23.3. The Morgan fingerprint density at radius 2 is 0.876 bits per heavy atom. The smallest absolute Gasteiger partial charge is 0.234 e. The maximum Gasteiger partial charge on any atom is 0.234 e. The van der Waals surface area contributed by atoms with Crippen LogP contribution >= 0.6 is 92.8 Å². The summed E-state index contributed by atoms with van der Waals surface area (Å²) < 4.78 is 122. The Morgan fingerprint density at radius 3 is 1.37 bits per heavy atom. The summed E-state index contributed by atoms with van der Waals surface area (Å²) in [5, 5.41) is 18.6. The molecule has 1 saturated heterocycles. The number of nitrogens with zero attached hydrogens (tertiary/aromatic N) is 14. The fraction of sp³-hybridized carbons (Fsp3) is 0.175. The van der Waals surface area contributed by atoms with Gasteiger partial charge in [-0.05, 0) is 220 Å². The number of sulfone groups is 2. The number of halogens is 9. The zero-order chi connectivity index (χ0) is 103. The number of sulfonamides is 2. The minimum atomic E-state index is -3.62. The van der Waals surface area contributed by atoms with Gasteiger partial charge in [0.1, 0.15) is 52.8 Å². The van der Waals surface area contributed by atoms with Crippen LogP contribution in [0.1, 0.15) is 33.5 Å². The van der Waals surface area contributed by atoms with Crippen LogP contribution in [0.25, 0.3) is 88.1 Å². The van der Waals surface area contributed by atoms with Gasteiger partial charge in [0.25, 0.3) is 0 Å². The van der Waals surface area contributed by atoms with Crippen LogP contribution < -0.4 is 35.4 Å². The summed E-state index contributed by atoms with van der Waals surface area (Å²) >= 11 is 49.7. The van der Waals surface area contributed by atoms with E-state index in [9.17, 15) is 38.1 Å². The van der Waals surface area contributed by atoms with E-state index in [0.717, 1.165) is 133 Å². The van der Waals surface area contributed by atoms with Gasteiger partial charge < -0.3 is 35.8 Å². The first kappa shape index (κ1) is 106. The second-order valence-electron chi connectivity index (χ2n) is 34.1. The van der Waals surface area contributed by atoms with Gasteiger partial charge in [-0.2, -0.15) is 0 Å². The highest BCUT2D eigenvalue weighted by atomic mass is 35.5. The van der Waals surface area contributed by atoms with Gasteiger partial charge in [-0.25, -0.2) is 77.9 Å². The number of terminal acetylenes is 1. The monoisotopic (exact) mass is 2180 g/mol. The molecule has 744 valence electrons. The number of hydrogen-bond acceptors (Lipinski definition) is 27. The average Bonchev–Trinajstić information content (AvgIpc) is 0.768. The van der Waals surface area contributed by atoms with Crippen molar-refractivity contribution in [1.82, 2.24) is 69.5 Å².